The molecule has 0 radical (unpaired) electrons. The number of carbonyl (C=O) groups excluding carboxylic acids is 1. The maximum atomic E-state index is 11.8. The molecule has 0 saturated carbocycles. The van der Waals surface area contributed by atoms with Gasteiger partial charge in [-0.2, -0.15) is 4.98 Å². The van der Waals surface area contributed by atoms with Crippen molar-refractivity contribution < 1.29 is 9.32 Å². The maximum absolute atomic E-state index is 11.8. The van der Waals surface area contributed by atoms with Gasteiger partial charge in [0.2, 0.25) is 11.7 Å². The molecule has 2 N–H and O–H groups in total. The smallest absolute Gasteiger partial charge is 0.319 e. The van der Waals surface area contributed by atoms with Crippen molar-refractivity contribution >= 4 is 23.3 Å². The van der Waals surface area contributed by atoms with Gasteiger partial charge in [0.25, 0.3) is 0 Å². The average molecular weight is 329 g/mol. The molecule has 3 rings (SSSR count). The summed E-state index contributed by atoms with van der Waals surface area (Å²) in [6.07, 6.45) is 0. The second-order valence-corrected chi connectivity index (χ2v) is 5.13. The Morgan fingerprint density at radius 2 is 1.96 bits per heavy atom. The van der Waals surface area contributed by atoms with Gasteiger partial charge in [0.05, 0.1) is 6.54 Å². The van der Waals surface area contributed by atoms with Crippen LogP contribution in [-0.4, -0.2) is 16.2 Å². The van der Waals surface area contributed by atoms with E-state index in [1.807, 2.05) is 30.3 Å². The highest BCUT2D eigenvalue weighted by molar-refractivity contribution is 6.30. The van der Waals surface area contributed by atoms with Gasteiger partial charge in [0.1, 0.15) is 0 Å². The number of anilines is 1. The van der Waals surface area contributed by atoms with E-state index in [1.54, 1.807) is 24.3 Å². The van der Waals surface area contributed by atoms with Crippen molar-refractivity contribution in [2.24, 2.45) is 0 Å². The fourth-order valence-electron chi connectivity index (χ4n) is 1.93. The van der Waals surface area contributed by atoms with E-state index in [4.69, 9.17) is 16.1 Å². The van der Waals surface area contributed by atoms with Gasteiger partial charge in [0, 0.05) is 16.3 Å². The lowest BCUT2D eigenvalue weighted by Gasteiger charge is -2.05. The third-order valence-corrected chi connectivity index (χ3v) is 3.22. The summed E-state index contributed by atoms with van der Waals surface area (Å²) in [5.41, 5.74) is 1.45. The molecule has 7 heteroatoms. The minimum Gasteiger partial charge on any atom is -0.337 e. The lowest BCUT2D eigenvalue weighted by molar-refractivity contribution is 0.249. The van der Waals surface area contributed by atoms with Gasteiger partial charge >= 0.3 is 6.03 Å². The van der Waals surface area contributed by atoms with Crippen LogP contribution in [0.15, 0.2) is 59.1 Å². The van der Waals surface area contributed by atoms with Gasteiger partial charge < -0.3 is 15.2 Å². The van der Waals surface area contributed by atoms with Gasteiger partial charge in [-0.15, -0.1) is 0 Å². The fourth-order valence-corrected chi connectivity index (χ4v) is 2.12. The van der Waals surface area contributed by atoms with E-state index < -0.39 is 0 Å². The summed E-state index contributed by atoms with van der Waals surface area (Å²) >= 11 is 5.86. The molecule has 0 spiro atoms. The van der Waals surface area contributed by atoms with Crippen molar-refractivity contribution in [1.29, 1.82) is 0 Å². The number of carbonyl (C=O) groups is 1. The Balaban J connectivity index is 1.56. The zero-order valence-electron chi connectivity index (χ0n) is 12.0. The second-order valence-electron chi connectivity index (χ2n) is 4.70. The maximum Gasteiger partial charge on any atom is 0.319 e. The average Bonchev–Trinajstić information content (AvgIpc) is 3.03. The molecule has 2 amide bonds. The molecule has 0 aliphatic rings. The monoisotopic (exact) mass is 328 g/mol. The number of nitrogens with one attached hydrogen (secondary N) is 2. The highest BCUT2D eigenvalue weighted by Gasteiger charge is 2.09. The van der Waals surface area contributed by atoms with Crippen LogP contribution in [-0.2, 0) is 6.54 Å². The first kappa shape index (κ1) is 15.1. The summed E-state index contributed by atoms with van der Waals surface area (Å²) in [6.45, 7) is 0.131. The number of benzene rings is 2. The molecular weight excluding hydrogens is 316 g/mol. The van der Waals surface area contributed by atoms with Crippen LogP contribution >= 0.6 is 11.6 Å². The number of amides is 2. The van der Waals surface area contributed by atoms with Crippen molar-refractivity contribution in [3.05, 3.63) is 65.5 Å². The molecule has 1 heterocycles. The molecule has 0 unspecified atom stereocenters. The fraction of sp³-hybridized carbons (Fsp3) is 0.0625. The number of halogens is 1. The molecule has 23 heavy (non-hydrogen) atoms. The summed E-state index contributed by atoms with van der Waals surface area (Å²) < 4.78 is 5.11. The largest absolute Gasteiger partial charge is 0.337 e. The van der Waals surface area contributed by atoms with E-state index in [2.05, 4.69) is 20.8 Å². The Morgan fingerprint density at radius 1 is 1.13 bits per heavy atom. The molecular formula is C16H13ClN4O2. The molecule has 0 aliphatic heterocycles. The summed E-state index contributed by atoms with van der Waals surface area (Å²) in [5, 5.41) is 9.74. The minimum atomic E-state index is -0.383. The van der Waals surface area contributed by atoms with Gasteiger partial charge in [0.15, 0.2) is 0 Å². The third kappa shape index (κ3) is 4.08. The number of nitrogens with zero attached hydrogens (tertiary/aromatic N) is 2. The van der Waals surface area contributed by atoms with Crippen molar-refractivity contribution in [1.82, 2.24) is 15.5 Å². The normalized spacial score (nSPS) is 10.3. The van der Waals surface area contributed by atoms with Gasteiger partial charge in [-0.3, -0.25) is 0 Å². The van der Waals surface area contributed by atoms with E-state index in [9.17, 15) is 4.79 Å². The Hall–Kier alpha value is -2.86. The SMILES string of the molecule is O=C(NCc1nc(-c2ccccc2)no1)Nc1cccc(Cl)c1. The molecule has 0 bridgehead atoms. The first-order valence-electron chi connectivity index (χ1n) is 6.89. The van der Waals surface area contributed by atoms with Crippen LogP contribution in [0.2, 0.25) is 5.02 Å². The molecule has 2 aromatic carbocycles. The molecule has 0 atom stereocenters. The van der Waals surface area contributed by atoms with Gasteiger partial charge in [-0.25, -0.2) is 4.79 Å². The molecule has 6 nitrogen and oxygen atoms in total. The second kappa shape index (κ2) is 6.93. The van der Waals surface area contributed by atoms with Crippen LogP contribution in [0.4, 0.5) is 10.5 Å². The van der Waals surface area contributed by atoms with Crippen LogP contribution < -0.4 is 10.6 Å². The van der Waals surface area contributed by atoms with Crippen LogP contribution in [0.5, 0.6) is 0 Å². The van der Waals surface area contributed by atoms with E-state index in [1.165, 1.54) is 0 Å². The highest BCUT2D eigenvalue weighted by Crippen LogP contribution is 2.15. The van der Waals surface area contributed by atoms with Crippen LogP contribution in [0.3, 0.4) is 0 Å². The lowest BCUT2D eigenvalue weighted by Crippen LogP contribution is -2.28. The van der Waals surface area contributed by atoms with Crippen molar-refractivity contribution in [3.8, 4) is 11.4 Å². The van der Waals surface area contributed by atoms with E-state index >= 15 is 0 Å². The zero-order chi connectivity index (χ0) is 16.1. The number of hydrogen-bond donors (Lipinski definition) is 2. The minimum absolute atomic E-state index is 0.131. The van der Waals surface area contributed by atoms with E-state index in [-0.39, 0.29) is 12.6 Å². The van der Waals surface area contributed by atoms with Crippen LogP contribution in [0.25, 0.3) is 11.4 Å². The lowest BCUT2D eigenvalue weighted by atomic mass is 10.2. The molecule has 0 fully saturated rings. The standard InChI is InChI=1S/C16H13ClN4O2/c17-12-7-4-8-13(9-12)19-16(22)18-10-14-20-15(21-23-14)11-5-2-1-3-6-11/h1-9H,10H2,(H2,18,19,22). The molecule has 3 aromatic rings. The zero-order valence-corrected chi connectivity index (χ0v) is 12.7. The quantitative estimate of drug-likeness (QED) is 0.765. The predicted molar refractivity (Wildman–Crippen MR) is 87.0 cm³/mol. The van der Waals surface area contributed by atoms with Crippen molar-refractivity contribution in [2.75, 3.05) is 5.32 Å². The predicted octanol–water partition coefficient (Wildman–Crippen LogP) is 3.71. The Bertz CT molecular complexity index is 805. The van der Waals surface area contributed by atoms with Crippen molar-refractivity contribution in [3.63, 3.8) is 0 Å². The van der Waals surface area contributed by atoms with Crippen LogP contribution in [0.1, 0.15) is 5.89 Å². The molecule has 1 aromatic heterocycles. The molecule has 0 saturated heterocycles. The highest BCUT2D eigenvalue weighted by atomic mass is 35.5. The van der Waals surface area contributed by atoms with Crippen molar-refractivity contribution in [2.45, 2.75) is 6.54 Å². The number of aromatic nitrogens is 2. The van der Waals surface area contributed by atoms with E-state index in [0.29, 0.717) is 22.4 Å². The molecule has 116 valence electrons. The Labute approximate surface area is 137 Å². The topological polar surface area (TPSA) is 80.1 Å². The summed E-state index contributed by atoms with van der Waals surface area (Å²) in [4.78, 5) is 16.1. The third-order valence-electron chi connectivity index (χ3n) is 2.98. The number of urea groups is 1. The Kier molecular flexibility index (Phi) is 4.54. The molecule has 0 aliphatic carbocycles. The van der Waals surface area contributed by atoms with E-state index in [0.717, 1.165) is 5.56 Å². The van der Waals surface area contributed by atoms with Gasteiger partial charge in [-0.05, 0) is 18.2 Å². The summed E-state index contributed by atoms with van der Waals surface area (Å²) in [6, 6.07) is 16.0. The van der Waals surface area contributed by atoms with Crippen LogP contribution in [0, 0.1) is 0 Å². The first-order valence-corrected chi connectivity index (χ1v) is 7.27. The summed E-state index contributed by atoms with van der Waals surface area (Å²) in [5.74, 6) is 0.808. The number of hydrogen-bond acceptors (Lipinski definition) is 4. The first-order chi connectivity index (χ1) is 11.2. The number of rotatable bonds is 4. The summed E-state index contributed by atoms with van der Waals surface area (Å²) in [7, 11) is 0. The Morgan fingerprint density at radius 3 is 2.74 bits per heavy atom. The van der Waals surface area contributed by atoms with Gasteiger partial charge in [-0.1, -0.05) is 53.2 Å².